The van der Waals surface area contributed by atoms with E-state index in [2.05, 4.69) is 51.5 Å². The van der Waals surface area contributed by atoms with Crippen LogP contribution in [0, 0.1) is 23.2 Å². The summed E-state index contributed by atoms with van der Waals surface area (Å²) in [6.07, 6.45) is -7.65. The van der Waals surface area contributed by atoms with Gasteiger partial charge in [-0.15, -0.1) is 0 Å². The van der Waals surface area contributed by atoms with E-state index in [4.69, 9.17) is 28.4 Å². The van der Waals surface area contributed by atoms with Gasteiger partial charge in [-0.3, -0.25) is 0 Å². The van der Waals surface area contributed by atoms with Crippen molar-refractivity contribution in [2.24, 2.45) is 23.2 Å². The SMILES string of the molecule is CC(C)OCC(CCCOCCSSCCCCCCCOCCOc1ccc2c(c1)CCC1C2CCC2(C)C(OCCCOC(C(F)(F)F)(C(F)(F)F)C(F)(F)F)CCC12)COC(C)C. The Balaban J connectivity index is 1.02. The molecule has 1 aromatic carbocycles. The van der Waals surface area contributed by atoms with Gasteiger partial charge in [0.05, 0.1) is 51.3 Å². The average Bonchev–Trinajstić information content (AvgIpc) is 3.57. The topological polar surface area (TPSA) is 64.6 Å². The van der Waals surface area contributed by atoms with Crippen molar-refractivity contribution in [2.45, 2.75) is 173 Å². The number of ether oxygens (including phenoxy) is 7. The van der Waals surface area contributed by atoms with Gasteiger partial charge in [0.25, 0.3) is 0 Å². The van der Waals surface area contributed by atoms with E-state index in [1.54, 1.807) is 0 Å². The van der Waals surface area contributed by atoms with Crippen molar-refractivity contribution in [3.05, 3.63) is 29.3 Å². The monoisotopic (exact) mass is 998 g/mol. The molecule has 384 valence electrons. The normalized spacial score (nSPS) is 22.6. The van der Waals surface area contributed by atoms with Crippen molar-refractivity contribution in [1.29, 1.82) is 0 Å². The Kier molecular flexibility index (Phi) is 23.9. The molecule has 66 heavy (non-hydrogen) atoms. The molecule has 0 radical (unpaired) electrons. The Labute approximate surface area is 395 Å². The van der Waals surface area contributed by atoms with Gasteiger partial charge < -0.3 is 33.2 Å². The third-order valence-electron chi connectivity index (χ3n) is 13.4. The Hall–Kier alpha value is -1.15. The Morgan fingerprint density at radius 2 is 1.29 bits per heavy atom. The number of benzene rings is 1. The smallest absolute Gasteiger partial charge is 0.435 e. The molecule has 0 N–H and O–H groups in total. The number of hydrogen-bond donors (Lipinski definition) is 0. The summed E-state index contributed by atoms with van der Waals surface area (Å²) in [6.45, 7) is 13.4. The molecule has 18 heteroatoms. The lowest BCUT2D eigenvalue weighted by molar-refractivity contribution is -0.457. The van der Waals surface area contributed by atoms with Crippen LogP contribution in [-0.4, -0.2) is 113 Å². The van der Waals surface area contributed by atoms with Crippen molar-refractivity contribution in [2.75, 3.05) is 71.0 Å². The van der Waals surface area contributed by atoms with Gasteiger partial charge in [-0.2, -0.15) is 39.5 Å². The summed E-state index contributed by atoms with van der Waals surface area (Å²) >= 11 is 0. The molecule has 0 aliphatic heterocycles. The van der Waals surface area contributed by atoms with E-state index in [9.17, 15) is 39.5 Å². The van der Waals surface area contributed by atoms with E-state index in [0.29, 0.717) is 49.9 Å². The van der Waals surface area contributed by atoms with Crippen molar-refractivity contribution < 1.29 is 72.7 Å². The summed E-state index contributed by atoms with van der Waals surface area (Å²) in [7, 11) is 3.82. The van der Waals surface area contributed by atoms with E-state index in [-0.39, 0.29) is 30.3 Å². The third kappa shape index (κ3) is 16.7. The van der Waals surface area contributed by atoms with Crippen LogP contribution in [0.1, 0.15) is 135 Å². The maximum absolute atomic E-state index is 13.2. The van der Waals surface area contributed by atoms with Gasteiger partial charge in [-0.05, 0) is 145 Å². The second-order valence-corrected chi connectivity index (χ2v) is 21.6. The number of halogens is 9. The molecule has 3 aliphatic carbocycles. The zero-order valence-corrected chi connectivity index (χ0v) is 41.2. The second kappa shape index (κ2) is 27.5. The van der Waals surface area contributed by atoms with Gasteiger partial charge in [-0.25, -0.2) is 0 Å². The minimum absolute atomic E-state index is 0.230. The van der Waals surface area contributed by atoms with Crippen molar-refractivity contribution in [1.82, 2.24) is 0 Å². The van der Waals surface area contributed by atoms with E-state index < -0.39 is 37.2 Å². The predicted molar refractivity (Wildman–Crippen MR) is 242 cm³/mol. The Morgan fingerprint density at radius 1 is 0.652 bits per heavy atom. The lowest BCUT2D eigenvalue weighted by Gasteiger charge is -2.50. The number of unbranched alkanes of at least 4 members (excludes halogenated alkanes) is 4. The Morgan fingerprint density at radius 3 is 1.97 bits per heavy atom. The lowest BCUT2D eigenvalue weighted by atomic mass is 9.55. The quantitative estimate of drug-likeness (QED) is 0.0399. The molecule has 5 atom stereocenters. The Bertz CT molecular complexity index is 1470. The summed E-state index contributed by atoms with van der Waals surface area (Å²) in [5, 5.41) is 0. The molecule has 7 nitrogen and oxygen atoms in total. The standard InChI is InChI=1S/C48H75F9O7S2/c1-34(2)62-32-36(33-63-35(3)4)13-11-23-59-28-30-66-65-29-10-8-6-7-9-22-58-26-27-60-38-15-17-39-37(31-38)14-16-41-40(39)20-21-44(5)42(41)18-19-43(44)61-24-12-25-64-45(46(49,50)51,47(52,53)54)48(55,56)57/h15,17,31,34-36,40-43H,6-14,16,18-30,32-33H2,1-5H3. The molecular weight excluding hydrogens is 924 g/mol. The van der Waals surface area contributed by atoms with Gasteiger partial charge in [0, 0.05) is 37.2 Å². The van der Waals surface area contributed by atoms with E-state index in [1.807, 2.05) is 27.7 Å². The molecule has 0 saturated heterocycles. The molecular formula is C48H75F9O7S2. The molecule has 5 unspecified atom stereocenters. The number of fused-ring (bicyclic) bond motifs is 5. The van der Waals surface area contributed by atoms with Gasteiger partial charge in [0.1, 0.15) is 12.4 Å². The highest BCUT2D eigenvalue weighted by Crippen LogP contribution is 2.62. The van der Waals surface area contributed by atoms with Crippen LogP contribution < -0.4 is 4.74 Å². The largest absolute Gasteiger partial charge is 0.491 e. The molecule has 0 bridgehead atoms. The molecule has 1 aromatic rings. The highest BCUT2D eigenvalue weighted by molar-refractivity contribution is 8.76. The zero-order chi connectivity index (χ0) is 48.4. The maximum Gasteiger partial charge on any atom is 0.435 e. The van der Waals surface area contributed by atoms with E-state index in [0.717, 1.165) is 101 Å². The maximum atomic E-state index is 13.2. The average molecular weight is 999 g/mol. The predicted octanol–water partition coefficient (Wildman–Crippen LogP) is 13.8. The van der Waals surface area contributed by atoms with Crippen LogP contribution in [0.25, 0.3) is 0 Å². The van der Waals surface area contributed by atoms with Crippen LogP contribution in [0.5, 0.6) is 5.75 Å². The van der Waals surface area contributed by atoms with Crippen molar-refractivity contribution in [3.63, 3.8) is 0 Å². The van der Waals surface area contributed by atoms with Crippen molar-refractivity contribution >= 4 is 21.6 Å². The number of aryl methyl sites for hydroxylation is 1. The fraction of sp³-hybridized carbons (Fsp3) is 0.875. The first-order valence-corrected chi connectivity index (χ1v) is 26.5. The molecule has 2 fully saturated rings. The lowest BCUT2D eigenvalue weighted by Crippen LogP contribution is -2.67. The first kappa shape index (κ1) is 57.4. The van der Waals surface area contributed by atoms with Gasteiger partial charge in [0.2, 0.25) is 0 Å². The minimum Gasteiger partial charge on any atom is -0.491 e. The summed E-state index contributed by atoms with van der Waals surface area (Å²) in [4.78, 5) is 0. The van der Waals surface area contributed by atoms with E-state index >= 15 is 0 Å². The third-order valence-corrected chi connectivity index (χ3v) is 15.8. The second-order valence-electron chi connectivity index (χ2n) is 18.9. The summed E-state index contributed by atoms with van der Waals surface area (Å²) in [5.74, 6) is 4.42. The molecule has 3 aliphatic rings. The fourth-order valence-corrected chi connectivity index (χ4v) is 12.0. The van der Waals surface area contributed by atoms with Crippen LogP contribution in [0.3, 0.4) is 0 Å². The molecule has 4 rings (SSSR count). The molecule has 0 amide bonds. The number of alkyl halides is 9. The van der Waals surface area contributed by atoms with E-state index in [1.165, 1.54) is 30.4 Å². The van der Waals surface area contributed by atoms with Crippen LogP contribution >= 0.6 is 21.6 Å². The fourth-order valence-electron chi connectivity index (χ4n) is 9.99. The highest BCUT2D eigenvalue weighted by Gasteiger charge is 2.85. The first-order valence-electron chi connectivity index (χ1n) is 24.1. The van der Waals surface area contributed by atoms with Crippen LogP contribution in [0.2, 0.25) is 0 Å². The molecule has 0 heterocycles. The van der Waals surface area contributed by atoms with Gasteiger partial charge in [-0.1, -0.05) is 53.8 Å². The summed E-state index contributed by atoms with van der Waals surface area (Å²) in [6, 6.07) is 6.31. The van der Waals surface area contributed by atoms with Crippen LogP contribution in [0.4, 0.5) is 39.5 Å². The highest BCUT2D eigenvalue weighted by atomic mass is 33.1. The molecule has 2 saturated carbocycles. The molecule has 0 aromatic heterocycles. The van der Waals surface area contributed by atoms with Gasteiger partial charge in [0.15, 0.2) is 0 Å². The van der Waals surface area contributed by atoms with Crippen LogP contribution in [0.15, 0.2) is 18.2 Å². The number of rotatable bonds is 32. The first-order chi connectivity index (χ1) is 31.2. The zero-order valence-electron chi connectivity index (χ0n) is 39.5. The van der Waals surface area contributed by atoms with Crippen molar-refractivity contribution in [3.8, 4) is 5.75 Å². The number of hydrogen-bond acceptors (Lipinski definition) is 9. The summed E-state index contributed by atoms with van der Waals surface area (Å²) < 4.78 is 158. The summed E-state index contributed by atoms with van der Waals surface area (Å²) in [5.41, 5.74) is -3.93. The molecule has 0 spiro atoms. The van der Waals surface area contributed by atoms with Crippen LogP contribution in [-0.2, 0) is 34.8 Å². The minimum atomic E-state index is -6.74. The van der Waals surface area contributed by atoms with Gasteiger partial charge >= 0.3 is 24.1 Å².